The lowest BCUT2D eigenvalue weighted by Crippen LogP contribution is -2.17. The smallest absolute Gasteiger partial charge is 0.275 e. The molecular weight excluding hydrogens is 260 g/mol. The van der Waals surface area contributed by atoms with E-state index in [4.69, 9.17) is 0 Å². The van der Waals surface area contributed by atoms with E-state index in [-0.39, 0.29) is 28.4 Å². The number of hydrogen-bond acceptors (Lipinski definition) is 5. The second kappa shape index (κ2) is 5.75. The number of nitrogens with one attached hydrogen (secondary N) is 1. The SMILES string of the molecule is O=C(N/N=C\c1cccc(O)c1O)c1ccccc1O. The lowest BCUT2D eigenvalue weighted by Gasteiger charge is -2.03. The fraction of sp³-hybridized carbons (Fsp3) is 0. The van der Waals surface area contributed by atoms with E-state index in [0.717, 1.165) is 0 Å². The third kappa shape index (κ3) is 2.86. The number of phenolic OH excluding ortho intramolecular Hbond substituents is 3. The fourth-order valence-corrected chi connectivity index (χ4v) is 1.54. The highest BCUT2D eigenvalue weighted by molar-refractivity contribution is 5.97. The first-order valence-electron chi connectivity index (χ1n) is 5.72. The van der Waals surface area contributed by atoms with E-state index in [1.54, 1.807) is 12.1 Å². The number of hydrazone groups is 1. The summed E-state index contributed by atoms with van der Waals surface area (Å²) >= 11 is 0. The fourth-order valence-electron chi connectivity index (χ4n) is 1.54. The molecule has 0 unspecified atom stereocenters. The molecule has 2 aromatic carbocycles. The van der Waals surface area contributed by atoms with Crippen molar-refractivity contribution in [2.75, 3.05) is 0 Å². The number of aromatic hydroxyl groups is 3. The van der Waals surface area contributed by atoms with E-state index in [1.807, 2.05) is 0 Å². The van der Waals surface area contributed by atoms with Crippen LogP contribution in [0.15, 0.2) is 47.6 Å². The third-order valence-electron chi connectivity index (χ3n) is 2.56. The molecule has 6 nitrogen and oxygen atoms in total. The summed E-state index contributed by atoms with van der Waals surface area (Å²) in [5, 5.41) is 32.0. The Morgan fingerprint density at radius 3 is 2.45 bits per heavy atom. The number of hydrogen-bond donors (Lipinski definition) is 4. The Hall–Kier alpha value is -3.02. The Bertz CT molecular complexity index is 668. The summed E-state index contributed by atoms with van der Waals surface area (Å²) < 4.78 is 0. The zero-order chi connectivity index (χ0) is 14.5. The Morgan fingerprint density at radius 2 is 1.70 bits per heavy atom. The van der Waals surface area contributed by atoms with Gasteiger partial charge in [0.25, 0.3) is 5.91 Å². The maximum atomic E-state index is 11.7. The summed E-state index contributed by atoms with van der Waals surface area (Å²) in [4.78, 5) is 11.7. The quantitative estimate of drug-likeness (QED) is 0.387. The maximum absolute atomic E-state index is 11.7. The minimum absolute atomic E-state index is 0.0878. The average molecular weight is 272 g/mol. The normalized spacial score (nSPS) is 10.6. The zero-order valence-corrected chi connectivity index (χ0v) is 10.3. The average Bonchev–Trinajstić information content (AvgIpc) is 2.44. The van der Waals surface area contributed by atoms with Crippen LogP contribution in [0, 0.1) is 0 Å². The van der Waals surface area contributed by atoms with Crippen LogP contribution in [-0.4, -0.2) is 27.4 Å². The number of carbonyl (C=O) groups is 1. The van der Waals surface area contributed by atoms with Crippen molar-refractivity contribution >= 4 is 12.1 Å². The molecule has 0 bridgehead atoms. The molecule has 2 rings (SSSR count). The van der Waals surface area contributed by atoms with Crippen molar-refractivity contribution in [1.29, 1.82) is 0 Å². The molecule has 0 saturated carbocycles. The van der Waals surface area contributed by atoms with Gasteiger partial charge in [0.15, 0.2) is 11.5 Å². The highest BCUT2D eigenvalue weighted by Gasteiger charge is 2.09. The van der Waals surface area contributed by atoms with Crippen LogP contribution in [0.25, 0.3) is 0 Å². The van der Waals surface area contributed by atoms with Gasteiger partial charge in [-0.05, 0) is 24.3 Å². The van der Waals surface area contributed by atoms with Crippen LogP contribution in [0.4, 0.5) is 0 Å². The van der Waals surface area contributed by atoms with Crippen molar-refractivity contribution in [3.8, 4) is 17.2 Å². The largest absolute Gasteiger partial charge is 0.507 e. The molecule has 6 heteroatoms. The lowest BCUT2D eigenvalue weighted by atomic mass is 10.2. The van der Waals surface area contributed by atoms with Gasteiger partial charge in [-0.3, -0.25) is 4.79 Å². The Labute approximate surface area is 114 Å². The second-order valence-corrected chi connectivity index (χ2v) is 3.93. The number of carbonyl (C=O) groups excluding carboxylic acids is 1. The molecule has 0 aliphatic rings. The summed E-state index contributed by atoms with van der Waals surface area (Å²) in [6, 6.07) is 10.4. The van der Waals surface area contributed by atoms with E-state index >= 15 is 0 Å². The number of para-hydroxylation sites is 2. The number of rotatable bonds is 3. The van der Waals surface area contributed by atoms with Gasteiger partial charge in [0.05, 0.1) is 11.8 Å². The molecule has 102 valence electrons. The lowest BCUT2D eigenvalue weighted by molar-refractivity contribution is 0.0952. The predicted octanol–water partition coefficient (Wildman–Crippen LogP) is 1.57. The van der Waals surface area contributed by atoms with Crippen molar-refractivity contribution in [3.63, 3.8) is 0 Å². The highest BCUT2D eigenvalue weighted by Crippen LogP contribution is 2.26. The van der Waals surface area contributed by atoms with Crippen LogP contribution in [0.2, 0.25) is 0 Å². The maximum Gasteiger partial charge on any atom is 0.275 e. The standard InChI is InChI=1S/C14H12N2O4/c17-11-6-2-1-5-10(11)14(20)16-15-8-9-4-3-7-12(18)13(9)19/h1-8,17-19H,(H,16,20)/b15-8-. The van der Waals surface area contributed by atoms with Crippen molar-refractivity contribution < 1.29 is 20.1 Å². The van der Waals surface area contributed by atoms with Crippen LogP contribution >= 0.6 is 0 Å². The number of nitrogens with zero attached hydrogens (tertiary/aromatic N) is 1. The molecule has 0 atom stereocenters. The topological polar surface area (TPSA) is 102 Å². The van der Waals surface area contributed by atoms with Crippen molar-refractivity contribution in [2.45, 2.75) is 0 Å². The molecule has 4 N–H and O–H groups in total. The highest BCUT2D eigenvalue weighted by atomic mass is 16.3. The van der Waals surface area contributed by atoms with Crippen LogP contribution in [0.5, 0.6) is 17.2 Å². The van der Waals surface area contributed by atoms with E-state index in [1.165, 1.54) is 36.5 Å². The van der Waals surface area contributed by atoms with E-state index in [0.29, 0.717) is 0 Å². The van der Waals surface area contributed by atoms with E-state index < -0.39 is 5.91 Å². The van der Waals surface area contributed by atoms with Gasteiger partial charge in [-0.15, -0.1) is 0 Å². The van der Waals surface area contributed by atoms with Crippen molar-refractivity contribution in [2.24, 2.45) is 5.10 Å². The summed E-state index contributed by atoms with van der Waals surface area (Å²) in [6.45, 7) is 0. The molecule has 0 aliphatic heterocycles. The Kier molecular flexibility index (Phi) is 3.85. The van der Waals surface area contributed by atoms with Crippen molar-refractivity contribution in [3.05, 3.63) is 53.6 Å². The zero-order valence-electron chi connectivity index (χ0n) is 10.3. The van der Waals surface area contributed by atoms with Crippen LogP contribution < -0.4 is 5.43 Å². The summed E-state index contributed by atoms with van der Waals surface area (Å²) in [5.74, 6) is -1.34. The van der Waals surface area contributed by atoms with Crippen molar-refractivity contribution in [1.82, 2.24) is 5.43 Å². The summed E-state index contributed by atoms with van der Waals surface area (Å²) in [7, 11) is 0. The molecule has 0 spiro atoms. The molecule has 0 saturated heterocycles. The van der Waals surface area contributed by atoms with E-state index in [2.05, 4.69) is 10.5 Å². The van der Waals surface area contributed by atoms with Gasteiger partial charge in [-0.1, -0.05) is 18.2 Å². The van der Waals surface area contributed by atoms with Gasteiger partial charge < -0.3 is 15.3 Å². The Balaban J connectivity index is 2.09. The molecule has 20 heavy (non-hydrogen) atoms. The third-order valence-corrected chi connectivity index (χ3v) is 2.56. The molecule has 2 aromatic rings. The van der Waals surface area contributed by atoms with Gasteiger partial charge in [0.2, 0.25) is 0 Å². The number of phenols is 3. The van der Waals surface area contributed by atoms with Gasteiger partial charge >= 0.3 is 0 Å². The minimum atomic E-state index is -0.584. The van der Waals surface area contributed by atoms with E-state index in [9.17, 15) is 20.1 Å². The first-order chi connectivity index (χ1) is 9.59. The van der Waals surface area contributed by atoms with Crippen LogP contribution in [-0.2, 0) is 0 Å². The Morgan fingerprint density at radius 1 is 1.00 bits per heavy atom. The summed E-state index contributed by atoms with van der Waals surface area (Å²) in [5.41, 5.74) is 2.55. The second-order valence-electron chi connectivity index (χ2n) is 3.93. The predicted molar refractivity (Wildman–Crippen MR) is 72.9 cm³/mol. The summed E-state index contributed by atoms with van der Waals surface area (Å²) in [6.07, 6.45) is 1.19. The van der Waals surface area contributed by atoms with Crippen LogP contribution in [0.3, 0.4) is 0 Å². The van der Waals surface area contributed by atoms with Crippen LogP contribution in [0.1, 0.15) is 15.9 Å². The van der Waals surface area contributed by atoms with Gasteiger partial charge in [0.1, 0.15) is 5.75 Å². The molecule has 0 heterocycles. The molecule has 0 aromatic heterocycles. The molecule has 0 aliphatic carbocycles. The molecular formula is C14H12N2O4. The minimum Gasteiger partial charge on any atom is -0.507 e. The molecule has 0 radical (unpaired) electrons. The number of amides is 1. The van der Waals surface area contributed by atoms with Gasteiger partial charge in [0, 0.05) is 5.56 Å². The first kappa shape index (κ1) is 13.4. The first-order valence-corrected chi connectivity index (χ1v) is 5.72. The molecule has 1 amide bonds. The molecule has 0 fully saturated rings. The number of benzene rings is 2. The van der Waals surface area contributed by atoms with Gasteiger partial charge in [-0.25, -0.2) is 5.43 Å². The van der Waals surface area contributed by atoms with Gasteiger partial charge in [-0.2, -0.15) is 5.10 Å². The monoisotopic (exact) mass is 272 g/mol.